The molecule has 0 aliphatic carbocycles. The standard InChI is InChI=1S/C37H35N5O2S/c1-26-34(45-27(2)40-26)17-18-35(43)42(24-29-13-15-31(16-14-29)36-38-20-8-21-39-36)33(23-28-9-4-3-5-10-28)37(44)41-22-19-30-11-6-7-12-32(30)25-41/h3-18,20-21,33H,19,22-25H2,1-2H3/b18-17+/t33-/m0/s1. The van der Waals surface area contributed by atoms with Gasteiger partial charge >= 0.3 is 0 Å². The van der Waals surface area contributed by atoms with E-state index in [2.05, 4.69) is 27.1 Å². The van der Waals surface area contributed by atoms with E-state index < -0.39 is 6.04 Å². The molecule has 5 aromatic rings. The number of rotatable bonds is 9. The molecule has 0 saturated heterocycles. The highest BCUT2D eigenvalue weighted by atomic mass is 32.1. The number of fused-ring (bicyclic) bond motifs is 1. The number of carbonyl (C=O) groups excluding carboxylic acids is 2. The predicted octanol–water partition coefficient (Wildman–Crippen LogP) is 6.46. The van der Waals surface area contributed by atoms with Gasteiger partial charge in [-0.1, -0.05) is 78.9 Å². The molecule has 1 aliphatic heterocycles. The van der Waals surface area contributed by atoms with E-state index in [1.165, 1.54) is 5.56 Å². The van der Waals surface area contributed by atoms with E-state index in [0.717, 1.165) is 44.3 Å². The van der Waals surface area contributed by atoms with Crippen molar-refractivity contribution in [2.75, 3.05) is 6.54 Å². The summed E-state index contributed by atoms with van der Waals surface area (Å²) in [7, 11) is 0. The van der Waals surface area contributed by atoms with E-state index in [-0.39, 0.29) is 18.4 Å². The zero-order chi connectivity index (χ0) is 31.2. The summed E-state index contributed by atoms with van der Waals surface area (Å²) in [5.41, 5.74) is 6.11. The second-order valence-corrected chi connectivity index (χ2v) is 12.5. The topological polar surface area (TPSA) is 79.3 Å². The third-order valence-electron chi connectivity index (χ3n) is 8.11. The van der Waals surface area contributed by atoms with Crippen molar-refractivity contribution in [3.63, 3.8) is 0 Å². The zero-order valence-electron chi connectivity index (χ0n) is 25.5. The smallest absolute Gasteiger partial charge is 0.247 e. The zero-order valence-corrected chi connectivity index (χ0v) is 26.3. The van der Waals surface area contributed by atoms with Gasteiger partial charge in [0.05, 0.1) is 15.6 Å². The molecule has 0 bridgehead atoms. The molecule has 226 valence electrons. The van der Waals surface area contributed by atoms with E-state index in [0.29, 0.717) is 25.3 Å². The minimum Gasteiger partial charge on any atom is -0.336 e. The summed E-state index contributed by atoms with van der Waals surface area (Å²) >= 11 is 1.55. The lowest BCUT2D eigenvalue weighted by Crippen LogP contribution is -2.52. The van der Waals surface area contributed by atoms with E-state index in [1.54, 1.807) is 40.8 Å². The Labute approximate surface area is 267 Å². The molecule has 1 aliphatic rings. The summed E-state index contributed by atoms with van der Waals surface area (Å²) in [6, 6.07) is 27.2. The Bertz CT molecular complexity index is 1800. The quantitative estimate of drug-likeness (QED) is 0.179. The van der Waals surface area contributed by atoms with E-state index >= 15 is 0 Å². The van der Waals surface area contributed by atoms with Crippen molar-refractivity contribution < 1.29 is 9.59 Å². The monoisotopic (exact) mass is 613 g/mol. The normalized spacial score (nSPS) is 13.4. The molecule has 7 nitrogen and oxygen atoms in total. The van der Waals surface area contributed by atoms with Crippen LogP contribution in [0, 0.1) is 13.8 Å². The van der Waals surface area contributed by atoms with E-state index in [4.69, 9.17) is 0 Å². The van der Waals surface area contributed by atoms with Gasteiger partial charge in [0, 0.05) is 50.1 Å². The Morgan fingerprint density at radius 2 is 1.60 bits per heavy atom. The van der Waals surface area contributed by atoms with Crippen LogP contribution < -0.4 is 0 Å². The SMILES string of the molecule is Cc1nc(C)c(/C=C/C(=O)N(Cc2ccc(-c3ncccn3)cc2)[C@@H](Cc2ccccc2)C(=O)N2CCc3ccccc3C2)s1. The Kier molecular flexibility index (Phi) is 9.22. The molecular weight excluding hydrogens is 579 g/mol. The molecule has 0 radical (unpaired) electrons. The molecule has 0 fully saturated rings. The van der Waals surface area contributed by atoms with Gasteiger partial charge in [0.1, 0.15) is 6.04 Å². The van der Waals surface area contributed by atoms with Crippen LogP contribution in [0.1, 0.15) is 37.8 Å². The average Bonchev–Trinajstić information content (AvgIpc) is 3.41. The molecule has 45 heavy (non-hydrogen) atoms. The van der Waals surface area contributed by atoms with Crippen LogP contribution in [0.15, 0.2) is 103 Å². The van der Waals surface area contributed by atoms with Crippen molar-refractivity contribution in [3.8, 4) is 11.4 Å². The molecule has 0 N–H and O–H groups in total. The fraction of sp³-hybridized carbons (Fsp3) is 0.216. The van der Waals surface area contributed by atoms with Gasteiger partial charge in [-0.05, 0) is 54.7 Å². The number of aryl methyl sites for hydroxylation is 2. The molecular formula is C37H35N5O2S. The first kappa shape index (κ1) is 30.1. The third kappa shape index (κ3) is 7.24. The van der Waals surface area contributed by atoms with Crippen LogP contribution in [0.2, 0.25) is 0 Å². The first-order valence-electron chi connectivity index (χ1n) is 15.1. The van der Waals surface area contributed by atoms with Crippen molar-refractivity contribution in [2.45, 2.75) is 45.8 Å². The van der Waals surface area contributed by atoms with Crippen LogP contribution in [0.4, 0.5) is 0 Å². The number of aromatic nitrogens is 3. The minimum atomic E-state index is -0.698. The van der Waals surface area contributed by atoms with Crippen LogP contribution in [-0.2, 0) is 35.5 Å². The summed E-state index contributed by atoms with van der Waals surface area (Å²) in [6.45, 7) is 5.32. The maximum atomic E-state index is 14.5. The lowest BCUT2D eigenvalue weighted by molar-refractivity contribution is -0.144. The fourth-order valence-electron chi connectivity index (χ4n) is 5.75. The number of nitrogens with zero attached hydrogens (tertiary/aromatic N) is 5. The van der Waals surface area contributed by atoms with E-state index in [9.17, 15) is 9.59 Å². The van der Waals surface area contributed by atoms with Crippen molar-refractivity contribution in [2.24, 2.45) is 0 Å². The number of benzene rings is 3. The maximum absolute atomic E-state index is 14.5. The van der Waals surface area contributed by atoms with Crippen molar-refractivity contribution >= 4 is 29.2 Å². The highest BCUT2D eigenvalue weighted by molar-refractivity contribution is 7.12. The highest BCUT2D eigenvalue weighted by Gasteiger charge is 2.34. The second kappa shape index (κ2) is 13.8. The molecule has 0 spiro atoms. The highest BCUT2D eigenvalue weighted by Crippen LogP contribution is 2.25. The molecule has 6 rings (SSSR count). The molecule has 0 unspecified atom stereocenters. The van der Waals surface area contributed by atoms with Gasteiger partial charge in [-0.2, -0.15) is 0 Å². The molecule has 8 heteroatoms. The Morgan fingerprint density at radius 1 is 0.889 bits per heavy atom. The van der Waals surface area contributed by atoms with Crippen molar-refractivity contribution in [1.29, 1.82) is 0 Å². The lowest BCUT2D eigenvalue weighted by Gasteiger charge is -2.37. The van der Waals surface area contributed by atoms with E-state index in [1.807, 2.05) is 91.6 Å². The molecule has 3 aromatic carbocycles. The number of carbonyl (C=O) groups is 2. The predicted molar refractivity (Wildman–Crippen MR) is 178 cm³/mol. The summed E-state index contributed by atoms with van der Waals surface area (Å²) in [5.74, 6) is 0.370. The summed E-state index contributed by atoms with van der Waals surface area (Å²) in [5, 5.41) is 0.946. The van der Waals surface area contributed by atoms with Gasteiger partial charge in [0.15, 0.2) is 5.82 Å². The van der Waals surface area contributed by atoms with Gasteiger partial charge in [0.2, 0.25) is 11.8 Å². The molecule has 2 aromatic heterocycles. The maximum Gasteiger partial charge on any atom is 0.247 e. The van der Waals surface area contributed by atoms with Gasteiger partial charge in [-0.15, -0.1) is 11.3 Å². The van der Waals surface area contributed by atoms with Crippen LogP contribution in [0.5, 0.6) is 0 Å². The third-order valence-corrected chi connectivity index (χ3v) is 9.14. The summed E-state index contributed by atoms with van der Waals surface area (Å²) < 4.78 is 0. The Morgan fingerprint density at radius 3 is 2.31 bits per heavy atom. The number of hydrogen-bond acceptors (Lipinski definition) is 6. The van der Waals surface area contributed by atoms with Gasteiger partial charge in [-0.25, -0.2) is 15.0 Å². The summed E-state index contributed by atoms with van der Waals surface area (Å²) in [6.07, 6.45) is 8.05. The van der Waals surface area contributed by atoms with Gasteiger partial charge < -0.3 is 9.80 Å². The molecule has 3 heterocycles. The largest absolute Gasteiger partial charge is 0.336 e. The van der Waals surface area contributed by atoms with Crippen molar-refractivity contribution in [3.05, 3.63) is 141 Å². The molecule has 2 amide bonds. The first-order chi connectivity index (χ1) is 21.9. The number of amides is 2. The summed E-state index contributed by atoms with van der Waals surface area (Å²) in [4.78, 5) is 46.5. The fourth-order valence-corrected chi connectivity index (χ4v) is 6.58. The van der Waals surface area contributed by atoms with Crippen LogP contribution in [0.3, 0.4) is 0 Å². The number of hydrogen-bond donors (Lipinski definition) is 0. The minimum absolute atomic E-state index is 0.0470. The lowest BCUT2D eigenvalue weighted by atomic mass is 9.97. The average molecular weight is 614 g/mol. The Hall–Kier alpha value is -4.95. The molecule has 1 atom stereocenters. The van der Waals surface area contributed by atoms with Crippen LogP contribution in [0.25, 0.3) is 17.5 Å². The van der Waals surface area contributed by atoms with Crippen LogP contribution in [-0.4, -0.2) is 49.2 Å². The van der Waals surface area contributed by atoms with Crippen molar-refractivity contribution in [1.82, 2.24) is 24.8 Å². The first-order valence-corrected chi connectivity index (χ1v) is 15.9. The van der Waals surface area contributed by atoms with Gasteiger partial charge in [-0.3, -0.25) is 9.59 Å². The second-order valence-electron chi connectivity index (χ2n) is 11.2. The van der Waals surface area contributed by atoms with Gasteiger partial charge in [0.25, 0.3) is 0 Å². The van der Waals surface area contributed by atoms with Crippen LogP contribution >= 0.6 is 11.3 Å². The molecule has 0 saturated carbocycles. The number of thiazole rings is 1. The Balaban J connectivity index is 1.35.